The molecule has 2 N–H and O–H groups in total. The Balaban J connectivity index is 0.00000280. The monoisotopic (exact) mass is 511 g/mol. The number of ether oxygens (including phenoxy) is 3. The van der Waals surface area contributed by atoms with Crippen LogP contribution < -0.4 is 20.1 Å². The Morgan fingerprint density at radius 2 is 2.18 bits per heavy atom. The van der Waals surface area contributed by atoms with E-state index in [-0.39, 0.29) is 41.9 Å². The second kappa shape index (κ2) is 11.0. The maximum Gasteiger partial charge on any atom is 0.387 e. The third kappa shape index (κ3) is 6.07. The van der Waals surface area contributed by atoms with E-state index >= 15 is 0 Å². The summed E-state index contributed by atoms with van der Waals surface area (Å²) in [5, 5.41) is 6.53. The third-order valence-corrected chi connectivity index (χ3v) is 4.83. The van der Waals surface area contributed by atoms with Gasteiger partial charge < -0.3 is 24.8 Å². The Morgan fingerprint density at radius 3 is 2.79 bits per heavy atom. The van der Waals surface area contributed by atoms with E-state index in [0.29, 0.717) is 36.5 Å². The molecule has 0 spiro atoms. The lowest BCUT2D eigenvalue weighted by Gasteiger charge is -2.23. The van der Waals surface area contributed by atoms with Gasteiger partial charge in [0.2, 0.25) is 0 Å². The zero-order valence-electron chi connectivity index (χ0n) is 16.1. The Morgan fingerprint density at radius 1 is 1.36 bits per heavy atom. The molecule has 3 rings (SSSR count). The summed E-state index contributed by atoms with van der Waals surface area (Å²) < 4.78 is 41.6. The molecule has 1 aromatic rings. The molecule has 9 heteroatoms. The minimum Gasteiger partial charge on any atom is -0.493 e. The Bertz CT molecular complexity index is 663. The van der Waals surface area contributed by atoms with E-state index in [1.807, 2.05) is 6.92 Å². The number of fused-ring (bicyclic) bond motifs is 2. The van der Waals surface area contributed by atoms with Crippen molar-refractivity contribution in [2.45, 2.75) is 64.0 Å². The number of aliphatic imine (C=N–C) groups is 1. The quantitative estimate of drug-likeness (QED) is 0.317. The topological polar surface area (TPSA) is 64.1 Å². The van der Waals surface area contributed by atoms with E-state index in [0.717, 1.165) is 25.7 Å². The van der Waals surface area contributed by atoms with Gasteiger partial charge in [-0.3, -0.25) is 4.99 Å². The number of nitrogens with zero attached hydrogens (tertiary/aromatic N) is 1. The molecular weight excluding hydrogens is 483 g/mol. The molecule has 6 nitrogen and oxygen atoms in total. The van der Waals surface area contributed by atoms with Crippen LogP contribution in [0.4, 0.5) is 8.78 Å². The van der Waals surface area contributed by atoms with Gasteiger partial charge in [0.15, 0.2) is 5.96 Å². The van der Waals surface area contributed by atoms with Gasteiger partial charge in [0, 0.05) is 25.2 Å². The molecule has 2 aliphatic heterocycles. The van der Waals surface area contributed by atoms with E-state index in [9.17, 15) is 8.78 Å². The van der Waals surface area contributed by atoms with Crippen LogP contribution in [0.25, 0.3) is 0 Å². The number of nitrogens with one attached hydrogen (secondary N) is 2. The lowest BCUT2D eigenvalue weighted by Crippen LogP contribution is -2.47. The van der Waals surface area contributed by atoms with Crippen molar-refractivity contribution in [1.82, 2.24) is 10.6 Å². The summed E-state index contributed by atoms with van der Waals surface area (Å²) in [4.78, 5) is 4.22. The highest BCUT2D eigenvalue weighted by molar-refractivity contribution is 14.0. The van der Waals surface area contributed by atoms with Crippen LogP contribution in [0.1, 0.15) is 38.2 Å². The summed E-state index contributed by atoms with van der Waals surface area (Å²) in [5.41, 5.74) is 0.603. The van der Waals surface area contributed by atoms with Gasteiger partial charge in [-0.2, -0.15) is 8.78 Å². The first-order chi connectivity index (χ1) is 13.1. The molecule has 158 valence electrons. The fourth-order valence-electron chi connectivity index (χ4n) is 3.54. The Hall–Kier alpha value is -1.36. The Kier molecular flexibility index (Phi) is 9.00. The van der Waals surface area contributed by atoms with E-state index < -0.39 is 6.61 Å². The van der Waals surface area contributed by atoms with Gasteiger partial charge in [0.05, 0.1) is 24.9 Å². The molecule has 0 radical (unpaired) electrons. The molecule has 0 aliphatic carbocycles. The summed E-state index contributed by atoms with van der Waals surface area (Å²) >= 11 is 0. The predicted octanol–water partition coefficient (Wildman–Crippen LogP) is 3.68. The van der Waals surface area contributed by atoms with Crippen LogP contribution in [0.2, 0.25) is 0 Å². The molecule has 2 saturated heterocycles. The summed E-state index contributed by atoms with van der Waals surface area (Å²) in [6.45, 7) is -0.0891. The van der Waals surface area contributed by atoms with Gasteiger partial charge in [-0.1, -0.05) is 6.92 Å². The Labute approximate surface area is 181 Å². The highest BCUT2D eigenvalue weighted by atomic mass is 127. The second-order valence-corrected chi connectivity index (χ2v) is 6.78. The van der Waals surface area contributed by atoms with E-state index in [1.165, 1.54) is 6.07 Å². The molecule has 3 atom stereocenters. The van der Waals surface area contributed by atoms with Crippen molar-refractivity contribution in [2.24, 2.45) is 4.99 Å². The average Bonchev–Trinajstić information content (AvgIpc) is 3.27. The fraction of sp³-hybridized carbons (Fsp3) is 0.632. The molecule has 0 aromatic heterocycles. The summed E-state index contributed by atoms with van der Waals surface area (Å²) in [7, 11) is 1.68. The van der Waals surface area contributed by atoms with Crippen molar-refractivity contribution in [1.29, 1.82) is 0 Å². The molecule has 0 saturated carbocycles. The number of alkyl halides is 2. The molecule has 2 bridgehead atoms. The van der Waals surface area contributed by atoms with E-state index in [1.54, 1.807) is 19.2 Å². The number of rotatable bonds is 8. The van der Waals surface area contributed by atoms with Gasteiger partial charge >= 0.3 is 6.61 Å². The standard InChI is InChI=1S/C19H27F2N3O3.HI/c1-3-8-25-13-5-4-12(17(10-13)27-18(20)21)11-23-19(22-2)24-15-9-14-6-7-16(15)26-14;/h4-5,10,14-16,18H,3,6-9,11H2,1-2H3,(H2,22,23,24);1H. The first-order valence-electron chi connectivity index (χ1n) is 9.42. The summed E-state index contributed by atoms with van der Waals surface area (Å²) in [6, 6.07) is 5.21. The smallest absolute Gasteiger partial charge is 0.387 e. The van der Waals surface area contributed by atoms with Crippen LogP contribution in [0.3, 0.4) is 0 Å². The predicted molar refractivity (Wildman–Crippen MR) is 114 cm³/mol. The van der Waals surface area contributed by atoms with E-state index in [4.69, 9.17) is 9.47 Å². The van der Waals surface area contributed by atoms with Crippen LogP contribution in [-0.2, 0) is 11.3 Å². The van der Waals surface area contributed by atoms with Crippen LogP contribution >= 0.6 is 24.0 Å². The molecule has 28 heavy (non-hydrogen) atoms. The maximum atomic E-state index is 12.8. The second-order valence-electron chi connectivity index (χ2n) is 6.78. The van der Waals surface area contributed by atoms with Gasteiger partial charge in [0.1, 0.15) is 11.5 Å². The summed E-state index contributed by atoms with van der Waals surface area (Å²) in [5.74, 6) is 1.23. The number of hydrogen-bond donors (Lipinski definition) is 2. The van der Waals surface area contributed by atoms with Crippen molar-refractivity contribution in [3.8, 4) is 11.5 Å². The van der Waals surface area contributed by atoms with Crippen LogP contribution in [0.15, 0.2) is 23.2 Å². The van der Waals surface area contributed by atoms with Crippen molar-refractivity contribution in [3.05, 3.63) is 23.8 Å². The lowest BCUT2D eigenvalue weighted by molar-refractivity contribution is -0.0505. The minimum atomic E-state index is -2.89. The molecule has 2 fully saturated rings. The number of guanidine groups is 1. The van der Waals surface area contributed by atoms with Crippen molar-refractivity contribution >= 4 is 29.9 Å². The molecule has 0 amide bonds. The summed E-state index contributed by atoms with van der Waals surface area (Å²) in [6.07, 6.45) is 4.55. The molecule has 2 heterocycles. The molecular formula is C19H28F2IN3O3. The fourth-order valence-corrected chi connectivity index (χ4v) is 3.54. The SMILES string of the molecule is CCCOc1ccc(CNC(=NC)NC2CC3CCC2O3)c(OC(F)F)c1.I. The highest BCUT2D eigenvalue weighted by Crippen LogP contribution is 2.34. The average molecular weight is 511 g/mol. The maximum absolute atomic E-state index is 12.8. The first kappa shape index (κ1) is 22.9. The largest absolute Gasteiger partial charge is 0.493 e. The number of hydrogen-bond acceptors (Lipinski definition) is 4. The molecule has 3 unspecified atom stereocenters. The van der Waals surface area contributed by atoms with Crippen molar-refractivity contribution in [3.63, 3.8) is 0 Å². The third-order valence-electron chi connectivity index (χ3n) is 4.83. The van der Waals surface area contributed by atoms with E-state index in [2.05, 4.69) is 20.4 Å². The minimum absolute atomic E-state index is 0. The van der Waals surface area contributed by atoms with Gasteiger partial charge in [-0.05, 0) is 37.8 Å². The van der Waals surface area contributed by atoms with Crippen molar-refractivity contribution in [2.75, 3.05) is 13.7 Å². The zero-order valence-corrected chi connectivity index (χ0v) is 18.5. The van der Waals surface area contributed by atoms with Crippen molar-refractivity contribution < 1.29 is 23.0 Å². The normalized spacial score (nSPS) is 23.5. The van der Waals surface area contributed by atoms with Crippen LogP contribution in [0.5, 0.6) is 11.5 Å². The van der Waals surface area contributed by atoms with Crippen LogP contribution in [-0.4, -0.2) is 44.5 Å². The van der Waals surface area contributed by atoms with Crippen LogP contribution in [0, 0.1) is 0 Å². The van der Waals surface area contributed by atoms with Gasteiger partial charge in [-0.15, -0.1) is 24.0 Å². The lowest BCUT2D eigenvalue weighted by atomic mass is 9.96. The number of benzene rings is 1. The highest BCUT2D eigenvalue weighted by Gasteiger charge is 2.41. The zero-order chi connectivity index (χ0) is 19.2. The number of halogens is 3. The molecule has 2 aliphatic rings. The van der Waals surface area contributed by atoms with Gasteiger partial charge in [0.25, 0.3) is 0 Å². The first-order valence-corrected chi connectivity index (χ1v) is 9.42. The van der Waals surface area contributed by atoms with Gasteiger partial charge in [-0.25, -0.2) is 0 Å². The molecule has 1 aromatic carbocycles.